The van der Waals surface area contributed by atoms with Crippen molar-refractivity contribution in [2.24, 2.45) is 0 Å². The van der Waals surface area contributed by atoms with Crippen LogP contribution in [0.15, 0.2) is 54.1 Å². The monoisotopic (exact) mass is 326 g/mol. The summed E-state index contributed by atoms with van der Waals surface area (Å²) in [6, 6.07) is 15.8. The maximum absolute atomic E-state index is 12.2. The Kier molecular flexibility index (Phi) is 5.79. The number of rotatable bonds is 5. The molecular formula is C18H15ClN2O2. The van der Waals surface area contributed by atoms with E-state index in [2.05, 4.69) is 5.32 Å². The van der Waals surface area contributed by atoms with Crippen LogP contribution in [-0.2, 0) is 4.79 Å². The minimum atomic E-state index is -0.485. The van der Waals surface area contributed by atoms with Gasteiger partial charge in [-0.15, -0.1) is 0 Å². The number of para-hydroxylation sites is 1. The molecule has 0 atom stereocenters. The van der Waals surface area contributed by atoms with Gasteiger partial charge in [0.05, 0.1) is 6.61 Å². The molecule has 2 rings (SSSR count). The number of nitriles is 1. The number of hydrogen-bond acceptors (Lipinski definition) is 3. The first-order valence-electron chi connectivity index (χ1n) is 7.04. The highest BCUT2D eigenvalue weighted by Crippen LogP contribution is 2.21. The van der Waals surface area contributed by atoms with Gasteiger partial charge in [-0.25, -0.2) is 0 Å². The van der Waals surface area contributed by atoms with E-state index in [4.69, 9.17) is 16.3 Å². The van der Waals surface area contributed by atoms with E-state index in [1.54, 1.807) is 36.4 Å². The molecule has 0 aliphatic heterocycles. The Bertz CT molecular complexity index is 761. The third-order valence-electron chi connectivity index (χ3n) is 2.99. The Balaban J connectivity index is 2.23. The minimum absolute atomic E-state index is 0.00731. The largest absolute Gasteiger partial charge is 0.493 e. The quantitative estimate of drug-likeness (QED) is 0.658. The average molecular weight is 327 g/mol. The van der Waals surface area contributed by atoms with Gasteiger partial charge in [0, 0.05) is 16.3 Å². The lowest BCUT2D eigenvalue weighted by atomic mass is 10.1. The van der Waals surface area contributed by atoms with Gasteiger partial charge in [0.2, 0.25) is 0 Å². The number of halogens is 1. The molecule has 2 aromatic carbocycles. The van der Waals surface area contributed by atoms with Crippen molar-refractivity contribution in [3.63, 3.8) is 0 Å². The fraction of sp³-hybridized carbons (Fsp3) is 0.111. The molecule has 0 bridgehead atoms. The molecule has 0 spiro atoms. The predicted molar refractivity (Wildman–Crippen MR) is 91.3 cm³/mol. The fourth-order valence-corrected chi connectivity index (χ4v) is 2.05. The van der Waals surface area contributed by atoms with Gasteiger partial charge in [0.15, 0.2) is 0 Å². The Morgan fingerprint density at radius 2 is 1.96 bits per heavy atom. The highest BCUT2D eigenvalue weighted by atomic mass is 35.5. The van der Waals surface area contributed by atoms with Gasteiger partial charge in [-0.05, 0) is 43.3 Å². The molecule has 0 radical (unpaired) electrons. The highest BCUT2D eigenvalue weighted by molar-refractivity contribution is 6.30. The Morgan fingerprint density at radius 3 is 2.61 bits per heavy atom. The van der Waals surface area contributed by atoms with Crippen molar-refractivity contribution in [3.8, 4) is 11.8 Å². The summed E-state index contributed by atoms with van der Waals surface area (Å²) in [6.07, 6.45) is 1.51. The number of anilines is 1. The summed E-state index contributed by atoms with van der Waals surface area (Å²) in [6.45, 7) is 2.38. The molecule has 0 saturated carbocycles. The zero-order chi connectivity index (χ0) is 16.7. The molecule has 0 aromatic heterocycles. The summed E-state index contributed by atoms with van der Waals surface area (Å²) in [5.41, 5.74) is 1.24. The number of carbonyl (C=O) groups excluding carboxylic acids is 1. The van der Waals surface area contributed by atoms with Crippen LogP contribution in [0.1, 0.15) is 12.5 Å². The second-order valence-electron chi connectivity index (χ2n) is 4.60. The summed E-state index contributed by atoms with van der Waals surface area (Å²) < 4.78 is 5.49. The molecule has 1 amide bonds. The van der Waals surface area contributed by atoms with Crippen LogP contribution < -0.4 is 10.1 Å². The maximum atomic E-state index is 12.2. The Morgan fingerprint density at radius 1 is 1.26 bits per heavy atom. The van der Waals surface area contributed by atoms with Crippen LogP contribution in [0.2, 0.25) is 5.02 Å². The topological polar surface area (TPSA) is 62.1 Å². The van der Waals surface area contributed by atoms with Crippen molar-refractivity contribution < 1.29 is 9.53 Å². The zero-order valence-corrected chi connectivity index (χ0v) is 13.3. The number of hydrogen-bond donors (Lipinski definition) is 1. The van der Waals surface area contributed by atoms with Crippen molar-refractivity contribution in [3.05, 3.63) is 64.7 Å². The third-order valence-corrected chi connectivity index (χ3v) is 3.24. The van der Waals surface area contributed by atoms with E-state index in [-0.39, 0.29) is 5.57 Å². The molecule has 5 heteroatoms. The van der Waals surface area contributed by atoms with Gasteiger partial charge in [-0.3, -0.25) is 4.79 Å². The molecule has 0 unspecified atom stereocenters. The van der Waals surface area contributed by atoms with E-state index in [9.17, 15) is 10.1 Å². The average Bonchev–Trinajstić information content (AvgIpc) is 2.56. The van der Waals surface area contributed by atoms with E-state index in [1.807, 2.05) is 25.1 Å². The van der Waals surface area contributed by atoms with E-state index in [1.165, 1.54) is 6.08 Å². The lowest BCUT2D eigenvalue weighted by Crippen LogP contribution is -2.13. The SMILES string of the molecule is CCOc1ccccc1/C=C(/C#N)C(=O)Nc1ccc(Cl)cc1. The molecule has 116 valence electrons. The Hall–Kier alpha value is -2.77. The van der Waals surface area contributed by atoms with Crippen LogP contribution >= 0.6 is 11.6 Å². The van der Waals surface area contributed by atoms with E-state index in [0.717, 1.165) is 0 Å². The van der Waals surface area contributed by atoms with Crippen LogP contribution in [0.5, 0.6) is 5.75 Å². The van der Waals surface area contributed by atoms with Gasteiger partial charge >= 0.3 is 0 Å². The molecule has 2 aromatic rings. The third kappa shape index (κ3) is 4.60. The van der Waals surface area contributed by atoms with Crippen LogP contribution in [0.4, 0.5) is 5.69 Å². The number of nitrogens with zero attached hydrogens (tertiary/aromatic N) is 1. The lowest BCUT2D eigenvalue weighted by Gasteiger charge is -2.08. The van der Waals surface area contributed by atoms with Crippen LogP contribution in [0, 0.1) is 11.3 Å². The van der Waals surface area contributed by atoms with Gasteiger partial charge in [-0.1, -0.05) is 29.8 Å². The number of ether oxygens (including phenoxy) is 1. The standard InChI is InChI=1S/C18H15ClN2O2/c1-2-23-17-6-4-3-5-13(17)11-14(12-20)18(22)21-16-9-7-15(19)8-10-16/h3-11H,2H2,1H3,(H,21,22)/b14-11-. The van der Waals surface area contributed by atoms with E-state index >= 15 is 0 Å². The number of carbonyl (C=O) groups is 1. The van der Waals surface area contributed by atoms with E-state index < -0.39 is 5.91 Å². The second kappa shape index (κ2) is 8.02. The van der Waals surface area contributed by atoms with Gasteiger partial charge in [-0.2, -0.15) is 5.26 Å². The molecule has 0 fully saturated rings. The Labute approximate surface area is 140 Å². The molecule has 0 saturated heterocycles. The van der Waals surface area contributed by atoms with Crippen molar-refractivity contribution in [2.45, 2.75) is 6.92 Å². The molecular weight excluding hydrogens is 312 g/mol. The van der Waals surface area contributed by atoms with Crippen LogP contribution in [0.25, 0.3) is 6.08 Å². The van der Waals surface area contributed by atoms with Crippen molar-refractivity contribution >= 4 is 29.3 Å². The second-order valence-corrected chi connectivity index (χ2v) is 5.04. The lowest BCUT2D eigenvalue weighted by molar-refractivity contribution is -0.112. The predicted octanol–water partition coefficient (Wildman–Crippen LogP) is 4.28. The van der Waals surface area contributed by atoms with Crippen LogP contribution in [-0.4, -0.2) is 12.5 Å². The first-order chi connectivity index (χ1) is 11.1. The normalized spacial score (nSPS) is 10.7. The zero-order valence-electron chi connectivity index (χ0n) is 12.5. The van der Waals surface area contributed by atoms with Crippen LogP contribution in [0.3, 0.4) is 0 Å². The first-order valence-corrected chi connectivity index (χ1v) is 7.42. The first kappa shape index (κ1) is 16.6. The van der Waals surface area contributed by atoms with Gasteiger partial charge < -0.3 is 10.1 Å². The molecule has 4 nitrogen and oxygen atoms in total. The summed E-state index contributed by atoms with van der Waals surface area (Å²) >= 11 is 5.80. The van der Waals surface area contributed by atoms with Crippen molar-refractivity contribution in [1.29, 1.82) is 5.26 Å². The van der Waals surface area contributed by atoms with E-state index in [0.29, 0.717) is 28.6 Å². The number of amides is 1. The summed E-state index contributed by atoms with van der Waals surface area (Å²) in [5, 5.41) is 12.5. The molecule has 23 heavy (non-hydrogen) atoms. The fourth-order valence-electron chi connectivity index (χ4n) is 1.92. The molecule has 1 N–H and O–H groups in total. The molecule has 0 heterocycles. The smallest absolute Gasteiger partial charge is 0.266 e. The maximum Gasteiger partial charge on any atom is 0.266 e. The molecule has 0 aliphatic carbocycles. The van der Waals surface area contributed by atoms with Crippen molar-refractivity contribution in [1.82, 2.24) is 0 Å². The van der Waals surface area contributed by atoms with Crippen molar-refractivity contribution in [2.75, 3.05) is 11.9 Å². The minimum Gasteiger partial charge on any atom is -0.493 e. The summed E-state index contributed by atoms with van der Waals surface area (Å²) in [7, 11) is 0. The summed E-state index contributed by atoms with van der Waals surface area (Å²) in [4.78, 5) is 12.2. The molecule has 0 aliphatic rings. The van der Waals surface area contributed by atoms with Gasteiger partial charge in [0.25, 0.3) is 5.91 Å². The summed E-state index contributed by atoms with van der Waals surface area (Å²) in [5.74, 6) is 0.142. The van der Waals surface area contributed by atoms with Gasteiger partial charge in [0.1, 0.15) is 17.4 Å². The number of nitrogens with one attached hydrogen (secondary N) is 1. The highest BCUT2D eigenvalue weighted by Gasteiger charge is 2.11. The number of benzene rings is 2.